The van der Waals surface area contributed by atoms with Gasteiger partial charge in [0.25, 0.3) is 0 Å². The molecule has 1 unspecified atom stereocenters. The van der Waals surface area contributed by atoms with Gasteiger partial charge in [-0.05, 0) is 54.1 Å². The number of phenolic OH excluding ortho intramolecular Hbond substituents is 1. The summed E-state index contributed by atoms with van der Waals surface area (Å²) in [5, 5.41) is 21.6. The Hall–Kier alpha value is -3.74. The Bertz CT molecular complexity index is 1200. The quantitative estimate of drug-likeness (QED) is 0.560. The predicted octanol–water partition coefficient (Wildman–Crippen LogP) is 3.74. The average Bonchev–Trinajstić information content (AvgIpc) is 3.12. The number of carbonyl (C=O) groups excluding carboxylic acids is 1. The number of anilines is 1. The first-order valence-corrected chi connectivity index (χ1v) is 8.83. The van der Waals surface area contributed by atoms with Crippen molar-refractivity contribution in [1.82, 2.24) is 15.0 Å². The molecule has 1 atom stereocenters. The van der Waals surface area contributed by atoms with Crippen molar-refractivity contribution >= 4 is 22.6 Å². The number of nitrogens with zero attached hydrogens (tertiary/aromatic N) is 3. The SMILES string of the molecule is O=C1CC(c2ccc(O)cc2)c2c(ccc3nn(-c4ccc(F)cc4)nc23)N1. The van der Waals surface area contributed by atoms with Crippen LogP contribution in [0.25, 0.3) is 16.7 Å². The number of rotatable bonds is 2. The molecular weight excluding hydrogens is 359 g/mol. The lowest BCUT2D eigenvalue weighted by molar-refractivity contribution is -0.116. The molecule has 1 aromatic heterocycles. The van der Waals surface area contributed by atoms with Crippen LogP contribution in [0.15, 0.2) is 60.7 Å². The third kappa shape index (κ3) is 2.68. The van der Waals surface area contributed by atoms with Crippen LogP contribution in [0.2, 0.25) is 0 Å². The fourth-order valence-electron chi connectivity index (χ4n) is 3.63. The summed E-state index contributed by atoms with van der Waals surface area (Å²) < 4.78 is 13.2. The monoisotopic (exact) mass is 374 g/mol. The molecule has 1 amide bonds. The molecule has 0 saturated carbocycles. The highest BCUT2D eigenvalue weighted by molar-refractivity contribution is 5.99. The number of fused-ring (bicyclic) bond motifs is 3. The van der Waals surface area contributed by atoms with E-state index < -0.39 is 0 Å². The predicted molar refractivity (Wildman–Crippen MR) is 102 cm³/mol. The lowest BCUT2D eigenvalue weighted by atomic mass is 9.84. The highest BCUT2D eigenvalue weighted by Crippen LogP contribution is 2.41. The lowest BCUT2D eigenvalue weighted by Crippen LogP contribution is -2.23. The molecule has 2 N–H and O–H groups in total. The van der Waals surface area contributed by atoms with Crippen LogP contribution in [0.4, 0.5) is 10.1 Å². The van der Waals surface area contributed by atoms with Gasteiger partial charge in [0.1, 0.15) is 22.6 Å². The molecule has 1 aliphatic heterocycles. The van der Waals surface area contributed by atoms with Crippen molar-refractivity contribution in [3.05, 3.63) is 77.6 Å². The average molecular weight is 374 g/mol. The zero-order valence-corrected chi connectivity index (χ0v) is 14.6. The fraction of sp³-hybridized carbons (Fsp3) is 0.0952. The maximum atomic E-state index is 13.2. The minimum absolute atomic E-state index is 0.0733. The van der Waals surface area contributed by atoms with Gasteiger partial charge >= 0.3 is 0 Å². The highest BCUT2D eigenvalue weighted by atomic mass is 19.1. The van der Waals surface area contributed by atoms with Gasteiger partial charge in [-0.3, -0.25) is 4.79 Å². The van der Waals surface area contributed by atoms with E-state index in [-0.39, 0.29) is 29.8 Å². The van der Waals surface area contributed by atoms with Gasteiger partial charge in [-0.15, -0.1) is 10.2 Å². The number of nitrogens with one attached hydrogen (secondary N) is 1. The van der Waals surface area contributed by atoms with E-state index in [2.05, 4.69) is 15.5 Å². The van der Waals surface area contributed by atoms with E-state index in [1.807, 2.05) is 18.2 Å². The van der Waals surface area contributed by atoms with Gasteiger partial charge in [0, 0.05) is 23.6 Å². The third-order valence-electron chi connectivity index (χ3n) is 4.96. The molecule has 0 saturated heterocycles. The van der Waals surface area contributed by atoms with Crippen LogP contribution in [0.3, 0.4) is 0 Å². The molecule has 6 nitrogen and oxygen atoms in total. The van der Waals surface area contributed by atoms with Gasteiger partial charge < -0.3 is 10.4 Å². The van der Waals surface area contributed by atoms with Gasteiger partial charge in [0.15, 0.2) is 0 Å². The van der Waals surface area contributed by atoms with Crippen LogP contribution in [0.1, 0.15) is 23.5 Å². The van der Waals surface area contributed by atoms with Crippen molar-refractivity contribution in [3.8, 4) is 11.4 Å². The topological polar surface area (TPSA) is 80.0 Å². The van der Waals surface area contributed by atoms with Crippen molar-refractivity contribution in [2.24, 2.45) is 0 Å². The van der Waals surface area contributed by atoms with Gasteiger partial charge in [0.2, 0.25) is 5.91 Å². The Labute approximate surface area is 159 Å². The minimum Gasteiger partial charge on any atom is -0.508 e. The molecule has 138 valence electrons. The second-order valence-corrected chi connectivity index (χ2v) is 6.76. The van der Waals surface area contributed by atoms with Gasteiger partial charge in [-0.1, -0.05) is 12.1 Å². The maximum absolute atomic E-state index is 13.2. The summed E-state index contributed by atoms with van der Waals surface area (Å²) in [5.74, 6) is -0.431. The summed E-state index contributed by atoms with van der Waals surface area (Å²) in [5.41, 5.74) is 4.51. The molecular formula is C21H15FN4O2. The molecule has 4 aromatic rings. The number of halogens is 1. The van der Waals surface area contributed by atoms with E-state index in [0.717, 1.165) is 11.1 Å². The highest BCUT2D eigenvalue weighted by Gasteiger charge is 2.30. The second kappa shape index (κ2) is 6.16. The van der Waals surface area contributed by atoms with Gasteiger partial charge in [0.05, 0.1) is 5.69 Å². The smallest absolute Gasteiger partial charge is 0.225 e. The van der Waals surface area contributed by atoms with Crippen LogP contribution < -0.4 is 5.32 Å². The van der Waals surface area contributed by atoms with Gasteiger partial charge in [-0.2, -0.15) is 4.80 Å². The van der Waals surface area contributed by atoms with Crippen molar-refractivity contribution in [2.75, 3.05) is 5.32 Å². The Morgan fingerprint density at radius 3 is 2.50 bits per heavy atom. The van der Waals surface area contributed by atoms with Crippen LogP contribution in [-0.4, -0.2) is 26.0 Å². The van der Waals surface area contributed by atoms with E-state index in [0.29, 0.717) is 22.4 Å². The summed E-state index contributed by atoms with van der Waals surface area (Å²) in [7, 11) is 0. The van der Waals surface area contributed by atoms with E-state index in [1.54, 1.807) is 30.3 Å². The first kappa shape index (κ1) is 16.4. The Morgan fingerprint density at radius 1 is 1.00 bits per heavy atom. The zero-order chi connectivity index (χ0) is 19.3. The fourth-order valence-corrected chi connectivity index (χ4v) is 3.63. The number of amides is 1. The van der Waals surface area contributed by atoms with Crippen LogP contribution in [-0.2, 0) is 4.79 Å². The molecule has 0 spiro atoms. The Morgan fingerprint density at radius 2 is 1.75 bits per heavy atom. The van der Waals surface area contributed by atoms with Crippen LogP contribution >= 0.6 is 0 Å². The number of phenols is 1. The van der Waals surface area contributed by atoms with Crippen LogP contribution in [0.5, 0.6) is 5.75 Å². The number of carbonyl (C=O) groups is 1. The molecule has 0 bridgehead atoms. The number of aromatic nitrogens is 3. The first-order valence-electron chi connectivity index (χ1n) is 8.83. The number of aromatic hydroxyl groups is 1. The molecule has 7 heteroatoms. The summed E-state index contributed by atoms with van der Waals surface area (Å²) in [4.78, 5) is 13.7. The van der Waals surface area contributed by atoms with E-state index in [9.17, 15) is 14.3 Å². The van der Waals surface area contributed by atoms with Crippen LogP contribution in [0, 0.1) is 5.82 Å². The summed E-state index contributed by atoms with van der Waals surface area (Å²) in [6, 6.07) is 16.4. The minimum atomic E-state index is -0.326. The standard InChI is InChI=1S/C21H15FN4O2/c22-13-3-5-14(6-4-13)26-24-18-10-9-17-20(21(18)25-26)16(11-19(28)23-17)12-1-7-15(27)8-2-12/h1-10,16,27H,11H2,(H,23,28). The number of hydrogen-bond acceptors (Lipinski definition) is 4. The van der Waals surface area contributed by atoms with Crippen molar-refractivity contribution in [2.45, 2.75) is 12.3 Å². The van der Waals surface area contributed by atoms with Crippen molar-refractivity contribution in [1.29, 1.82) is 0 Å². The molecule has 0 aliphatic carbocycles. The molecule has 1 aliphatic rings. The van der Waals surface area contributed by atoms with E-state index in [1.165, 1.54) is 16.9 Å². The molecule has 0 fully saturated rings. The Balaban J connectivity index is 1.69. The van der Waals surface area contributed by atoms with E-state index in [4.69, 9.17) is 0 Å². The van der Waals surface area contributed by atoms with E-state index >= 15 is 0 Å². The zero-order valence-electron chi connectivity index (χ0n) is 14.6. The lowest BCUT2D eigenvalue weighted by Gasteiger charge is -2.26. The normalized spacial score (nSPS) is 16.0. The second-order valence-electron chi connectivity index (χ2n) is 6.76. The molecule has 5 rings (SSSR count). The third-order valence-corrected chi connectivity index (χ3v) is 4.96. The van der Waals surface area contributed by atoms with Crippen molar-refractivity contribution in [3.63, 3.8) is 0 Å². The van der Waals surface area contributed by atoms with Gasteiger partial charge in [-0.25, -0.2) is 4.39 Å². The molecule has 28 heavy (non-hydrogen) atoms. The Kier molecular flexibility index (Phi) is 3.61. The van der Waals surface area contributed by atoms with Crippen molar-refractivity contribution < 1.29 is 14.3 Å². The first-order chi connectivity index (χ1) is 13.6. The summed E-state index contributed by atoms with van der Waals surface area (Å²) >= 11 is 0. The maximum Gasteiger partial charge on any atom is 0.225 e. The molecule has 0 radical (unpaired) electrons. The molecule has 2 heterocycles. The molecule has 3 aromatic carbocycles. The summed E-state index contributed by atoms with van der Waals surface area (Å²) in [6.07, 6.45) is 0.278. The number of benzene rings is 3. The number of hydrogen-bond donors (Lipinski definition) is 2. The largest absolute Gasteiger partial charge is 0.508 e. The summed E-state index contributed by atoms with van der Waals surface area (Å²) in [6.45, 7) is 0.